The van der Waals surface area contributed by atoms with Crippen LogP contribution < -0.4 is 0 Å². The number of hydrogen-bond acceptors (Lipinski definition) is 0. The topological polar surface area (TPSA) is 0 Å². The normalized spacial score (nSPS) is 20.3. The predicted molar refractivity (Wildman–Crippen MR) is 80.3 cm³/mol. The first-order valence-corrected chi connectivity index (χ1v) is 8.17. The number of halogens is 2. The Hall–Kier alpha value is 0.471. The van der Waals surface area contributed by atoms with E-state index in [1.165, 1.54) is 22.3 Å². The fourth-order valence-electron chi connectivity index (χ4n) is 2.66. The molecule has 0 bridgehead atoms. The Balaban J connectivity index is 0.00000162. The molecule has 0 spiro atoms. The Morgan fingerprint density at radius 3 is 1.33 bits per heavy atom. The summed E-state index contributed by atoms with van der Waals surface area (Å²) in [6.07, 6.45) is 1.91. The summed E-state index contributed by atoms with van der Waals surface area (Å²) in [6, 6.07) is 0. The molecule has 0 saturated heterocycles. The summed E-state index contributed by atoms with van der Waals surface area (Å²) in [7, 11) is -0.415. The van der Waals surface area contributed by atoms with Crippen molar-refractivity contribution in [2.24, 2.45) is 0 Å². The van der Waals surface area contributed by atoms with Crippen molar-refractivity contribution in [3.63, 3.8) is 0 Å². The van der Waals surface area contributed by atoms with Crippen molar-refractivity contribution in [2.45, 2.75) is 40.5 Å². The Morgan fingerprint density at radius 2 is 1.11 bits per heavy atom. The quantitative estimate of drug-likeness (QED) is 0.651. The Labute approximate surface area is 137 Å². The van der Waals surface area contributed by atoms with E-state index in [0.29, 0.717) is 0 Å². The molecule has 0 unspecified atom stereocenters. The van der Waals surface area contributed by atoms with Gasteiger partial charge < -0.3 is 0 Å². The van der Waals surface area contributed by atoms with Gasteiger partial charge in [0.25, 0.3) is 0 Å². The van der Waals surface area contributed by atoms with Gasteiger partial charge >= 0.3 is 0 Å². The minimum absolute atomic E-state index is 0. The van der Waals surface area contributed by atoms with E-state index in [0.717, 1.165) is 22.9 Å². The first-order chi connectivity index (χ1) is 7.91. The van der Waals surface area contributed by atoms with E-state index in [1.807, 2.05) is 0 Å². The third kappa shape index (κ3) is 2.96. The zero-order valence-electron chi connectivity index (χ0n) is 11.4. The SMILES string of the molecule is CC1=C([SiH2]C2=C(C)CC(Cl)=C2C)C(C)=C(Cl)C1.[Ti]. The minimum Gasteiger partial charge on any atom is -0.0885 e. The summed E-state index contributed by atoms with van der Waals surface area (Å²) in [5.74, 6) is 0. The standard InChI is InChI=1S/C14H18Cl2Si.Ti/c1-7-5-11(15)9(3)13(7)17-14-8(2)6-12(16)10(14)4;/h5-6,17H2,1-4H3;. The number of hydrogen-bond donors (Lipinski definition) is 0. The zero-order valence-corrected chi connectivity index (χ0v) is 15.9. The average Bonchev–Trinajstić information content (AvgIpc) is 2.62. The van der Waals surface area contributed by atoms with Gasteiger partial charge in [-0.25, -0.2) is 0 Å². The Bertz CT molecular complexity index is 464. The minimum atomic E-state index is -0.415. The van der Waals surface area contributed by atoms with Gasteiger partial charge in [0.15, 0.2) is 0 Å². The van der Waals surface area contributed by atoms with E-state index in [9.17, 15) is 0 Å². The molecule has 0 N–H and O–H groups in total. The van der Waals surface area contributed by atoms with E-state index in [1.54, 1.807) is 10.4 Å². The fourth-order valence-corrected chi connectivity index (χ4v) is 5.67. The summed E-state index contributed by atoms with van der Waals surface area (Å²) < 4.78 is 0. The van der Waals surface area contributed by atoms with Crippen molar-refractivity contribution in [2.75, 3.05) is 0 Å². The molecule has 0 aromatic carbocycles. The molecule has 0 nitrogen and oxygen atoms in total. The Morgan fingerprint density at radius 1 is 0.778 bits per heavy atom. The van der Waals surface area contributed by atoms with E-state index in [2.05, 4.69) is 27.7 Å². The molecule has 0 aliphatic heterocycles. The Kier molecular flexibility index (Phi) is 5.77. The van der Waals surface area contributed by atoms with Gasteiger partial charge in [0, 0.05) is 44.6 Å². The van der Waals surface area contributed by atoms with Crippen molar-refractivity contribution in [1.82, 2.24) is 0 Å². The third-order valence-electron chi connectivity index (χ3n) is 3.94. The second kappa shape index (κ2) is 6.28. The van der Waals surface area contributed by atoms with Gasteiger partial charge in [0.1, 0.15) is 0 Å². The van der Waals surface area contributed by atoms with Gasteiger partial charge in [0.05, 0.1) is 9.52 Å². The van der Waals surface area contributed by atoms with Crippen LogP contribution in [0.4, 0.5) is 0 Å². The van der Waals surface area contributed by atoms with Crippen LogP contribution in [0.2, 0.25) is 0 Å². The summed E-state index contributed by atoms with van der Waals surface area (Å²) >= 11 is 12.5. The van der Waals surface area contributed by atoms with Gasteiger partial charge in [-0.3, -0.25) is 0 Å². The first-order valence-electron chi connectivity index (χ1n) is 6.00. The van der Waals surface area contributed by atoms with E-state index in [4.69, 9.17) is 23.2 Å². The number of allylic oxidation sites excluding steroid dienone is 8. The second-order valence-electron chi connectivity index (χ2n) is 5.11. The molecular formula is C14H18Cl2SiTi. The predicted octanol–water partition coefficient (Wildman–Crippen LogP) is 4.53. The van der Waals surface area contributed by atoms with E-state index >= 15 is 0 Å². The molecule has 0 saturated carbocycles. The van der Waals surface area contributed by atoms with Crippen LogP contribution in [0.1, 0.15) is 40.5 Å². The molecule has 0 amide bonds. The molecule has 0 atom stereocenters. The van der Waals surface area contributed by atoms with Crippen molar-refractivity contribution >= 4 is 32.7 Å². The third-order valence-corrected chi connectivity index (χ3v) is 7.75. The molecule has 4 heteroatoms. The van der Waals surface area contributed by atoms with Crippen LogP contribution in [0, 0.1) is 0 Å². The van der Waals surface area contributed by atoms with Crippen LogP contribution in [0.15, 0.2) is 42.7 Å². The largest absolute Gasteiger partial charge is 0.0885 e. The molecule has 0 fully saturated rings. The van der Waals surface area contributed by atoms with Gasteiger partial charge in [-0.15, -0.1) is 0 Å². The van der Waals surface area contributed by atoms with E-state index in [-0.39, 0.29) is 21.7 Å². The van der Waals surface area contributed by atoms with Crippen molar-refractivity contribution in [1.29, 1.82) is 0 Å². The van der Waals surface area contributed by atoms with Crippen LogP contribution in [0.5, 0.6) is 0 Å². The molecular weight excluding hydrogens is 315 g/mol. The number of rotatable bonds is 2. The molecule has 2 rings (SSSR count). The van der Waals surface area contributed by atoms with E-state index < -0.39 is 9.52 Å². The van der Waals surface area contributed by atoms with Crippen LogP contribution in [-0.4, -0.2) is 9.52 Å². The fraction of sp³-hybridized carbons (Fsp3) is 0.429. The summed E-state index contributed by atoms with van der Waals surface area (Å²) in [6.45, 7) is 8.75. The molecule has 0 heterocycles. The summed E-state index contributed by atoms with van der Waals surface area (Å²) in [5, 5.41) is 5.17. The molecule has 2 aliphatic carbocycles. The molecule has 2 aliphatic rings. The molecule has 18 heavy (non-hydrogen) atoms. The maximum absolute atomic E-state index is 6.25. The molecule has 0 radical (unpaired) electrons. The van der Waals surface area contributed by atoms with Crippen LogP contribution >= 0.6 is 23.2 Å². The van der Waals surface area contributed by atoms with Crippen molar-refractivity contribution in [3.8, 4) is 0 Å². The molecule has 0 aromatic heterocycles. The van der Waals surface area contributed by atoms with Crippen LogP contribution in [0.25, 0.3) is 0 Å². The first kappa shape index (κ1) is 16.5. The summed E-state index contributed by atoms with van der Waals surface area (Å²) in [5.41, 5.74) is 5.59. The van der Waals surface area contributed by atoms with Gasteiger partial charge in [-0.1, -0.05) is 44.7 Å². The maximum atomic E-state index is 6.25. The van der Waals surface area contributed by atoms with Gasteiger partial charge in [-0.2, -0.15) is 0 Å². The van der Waals surface area contributed by atoms with Gasteiger partial charge in [0.2, 0.25) is 0 Å². The van der Waals surface area contributed by atoms with Crippen molar-refractivity contribution < 1.29 is 21.7 Å². The molecule has 96 valence electrons. The van der Waals surface area contributed by atoms with Crippen LogP contribution in [-0.2, 0) is 21.7 Å². The van der Waals surface area contributed by atoms with Crippen LogP contribution in [0.3, 0.4) is 0 Å². The maximum Gasteiger partial charge on any atom is 0.0882 e. The zero-order chi connectivity index (χ0) is 12.7. The average molecular weight is 333 g/mol. The van der Waals surface area contributed by atoms with Gasteiger partial charge in [-0.05, 0) is 38.8 Å². The second-order valence-corrected chi connectivity index (χ2v) is 7.79. The van der Waals surface area contributed by atoms with Crippen molar-refractivity contribution in [3.05, 3.63) is 42.7 Å². The smallest absolute Gasteiger partial charge is 0.0882 e. The monoisotopic (exact) mass is 332 g/mol. The molecule has 0 aromatic rings. The summed E-state index contributed by atoms with van der Waals surface area (Å²) in [4.78, 5) is 0.